The molecule has 41 heavy (non-hydrogen) atoms. The first kappa shape index (κ1) is 27.1. The van der Waals surface area contributed by atoms with E-state index in [1.807, 2.05) is 43.8 Å². The van der Waals surface area contributed by atoms with E-state index in [1.165, 1.54) is 23.3 Å². The number of piperidine rings is 1. The fourth-order valence-corrected chi connectivity index (χ4v) is 6.48. The third kappa shape index (κ3) is 5.24. The number of aromatic nitrogens is 2. The third-order valence-electron chi connectivity index (χ3n) is 8.46. The first-order valence-electron chi connectivity index (χ1n) is 14.5. The monoisotopic (exact) mass is 553 g/mol. The number of likely N-dealkylation sites (tertiary alicyclic amines) is 1. The maximum atomic E-state index is 14.5. The maximum Gasteiger partial charge on any atom is 0.256 e. The van der Waals surface area contributed by atoms with Crippen LogP contribution in [-0.4, -0.2) is 56.8 Å². The van der Waals surface area contributed by atoms with Crippen LogP contribution in [0.4, 0.5) is 10.1 Å². The first-order valence-corrected chi connectivity index (χ1v) is 14.5. The highest BCUT2D eigenvalue weighted by atomic mass is 19.1. The lowest BCUT2D eigenvalue weighted by molar-refractivity contribution is -0.115. The van der Waals surface area contributed by atoms with Gasteiger partial charge in [0.1, 0.15) is 5.82 Å². The predicted octanol–water partition coefficient (Wildman–Crippen LogP) is 5.91. The zero-order valence-electron chi connectivity index (χ0n) is 23.9. The van der Waals surface area contributed by atoms with Gasteiger partial charge in [0.05, 0.1) is 29.4 Å². The van der Waals surface area contributed by atoms with Crippen LogP contribution in [0.2, 0.25) is 0 Å². The number of anilines is 1. The molecule has 212 valence electrons. The van der Waals surface area contributed by atoms with Crippen molar-refractivity contribution in [3.8, 4) is 5.69 Å². The lowest BCUT2D eigenvalue weighted by Crippen LogP contribution is -2.37. The van der Waals surface area contributed by atoms with Crippen molar-refractivity contribution in [1.82, 2.24) is 19.4 Å². The van der Waals surface area contributed by atoms with E-state index in [1.54, 1.807) is 11.0 Å². The standard InChI is InChI=1S/C33H36FN5O2/c1-4-38(21(2)3)33(41)27-16-25(34)9-10-30(27)39-20-28(26-11-12-35-17-31(26)39)24-6-5-13-37(19-24)18-22-7-8-23-15-32(40)36-29(23)14-22/h7-12,14,16-17,20-21,24H,4-6,13,15,18-19H2,1-3H3,(H,36,40)/t24-/m1/s1. The SMILES string of the molecule is CCN(C(=O)c1cc(F)ccc1-n1cc([C@@H]2CCCN(Cc3ccc4c(c3)NC(=O)C4)C2)c2ccncc21)C(C)C. The van der Waals surface area contributed by atoms with Crippen LogP contribution in [0.3, 0.4) is 0 Å². The van der Waals surface area contributed by atoms with Gasteiger partial charge in [-0.3, -0.25) is 19.5 Å². The summed E-state index contributed by atoms with van der Waals surface area (Å²) >= 11 is 0. The Balaban J connectivity index is 1.33. The summed E-state index contributed by atoms with van der Waals surface area (Å²) in [7, 11) is 0. The van der Waals surface area contributed by atoms with Gasteiger partial charge in [-0.15, -0.1) is 0 Å². The average molecular weight is 554 g/mol. The van der Waals surface area contributed by atoms with Gasteiger partial charge in [0.2, 0.25) is 5.91 Å². The van der Waals surface area contributed by atoms with Crippen LogP contribution in [0.5, 0.6) is 0 Å². The molecule has 8 heteroatoms. The molecule has 7 nitrogen and oxygen atoms in total. The number of fused-ring (bicyclic) bond motifs is 2. The van der Waals surface area contributed by atoms with Crippen LogP contribution >= 0.6 is 0 Å². The largest absolute Gasteiger partial charge is 0.336 e. The highest BCUT2D eigenvalue weighted by Gasteiger charge is 2.27. The summed E-state index contributed by atoms with van der Waals surface area (Å²) in [6, 6.07) is 12.8. The Kier molecular flexibility index (Phi) is 7.34. The van der Waals surface area contributed by atoms with Crippen LogP contribution in [0.25, 0.3) is 16.6 Å². The van der Waals surface area contributed by atoms with Gasteiger partial charge in [0.25, 0.3) is 5.91 Å². The molecule has 4 heterocycles. The van der Waals surface area contributed by atoms with E-state index in [9.17, 15) is 14.0 Å². The Bertz CT molecular complexity index is 1630. The quantitative estimate of drug-likeness (QED) is 0.309. The first-order chi connectivity index (χ1) is 19.8. The zero-order valence-corrected chi connectivity index (χ0v) is 23.9. The Hall–Kier alpha value is -4.04. The summed E-state index contributed by atoms with van der Waals surface area (Å²) in [6.07, 6.45) is 8.35. The molecule has 2 aliphatic heterocycles. The number of carbonyl (C=O) groups is 2. The lowest BCUT2D eigenvalue weighted by atomic mass is 9.90. The molecular formula is C33H36FN5O2. The topological polar surface area (TPSA) is 70.5 Å². The molecule has 0 bridgehead atoms. The Labute approximate surface area is 240 Å². The molecule has 6 rings (SSSR count). The number of carbonyl (C=O) groups excluding carboxylic acids is 2. The van der Waals surface area contributed by atoms with Crippen LogP contribution < -0.4 is 5.32 Å². The molecule has 2 aromatic carbocycles. The van der Waals surface area contributed by atoms with E-state index in [0.717, 1.165) is 54.6 Å². The van der Waals surface area contributed by atoms with Crippen molar-refractivity contribution in [2.24, 2.45) is 0 Å². The summed E-state index contributed by atoms with van der Waals surface area (Å²) in [5.74, 6) is -0.260. The van der Waals surface area contributed by atoms with E-state index in [0.29, 0.717) is 30.1 Å². The van der Waals surface area contributed by atoms with Gasteiger partial charge >= 0.3 is 0 Å². The number of nitrogens with one attached hydrogen (secondary N) is 1. The number of benzene rings is 2. The molecule has 1 N–H and O–H groups in total. The highest BCUT2D eigenvalue weighted by Crippen LogP contribution is 2.36. The number of pyridine rings is 1. The van der Waals surface area contributed by atoms with Crippen LogP contribution in [0.1, 0.15) is 66.6 Å². The molecule has 0 saturated carbocycles. The molecule has 0 spiro atoms. The molecule has 1 atom stereocenters. The minimum Gasteiger partial charge on any atom is -0.336 e. The lowest BCUT2D eigenvalue weighted by Gasteiger charge is -2.33. The van der Waals surface area contributed by atoms with Gasteiger partial charge < -0.3 is 14.8 Å². The number of hydrogen-bond donors (Lipinski definition) is 1. The summed E-state index contributed by atoms with van der Waals surface area (Å²) in [6.45, 7) is 9.16. The normalized spacial score (nSPS) is 17.2. The fourth-order valence-electron chi connectivity index (χ4n) is 6.48. The summed E-state index contributed by atoms with van der Waals surface area (Å²) < 4.78 is 16.5. The summed E-state index contributed by atoms with van der Waals surface area (Å²) in [5.41, 5.74) is 6.31. The van der Waals surface area contributed by atoms with E-state index in [4.69, 9.17) is 0 Å². The Morgan fingerprint density at radius 3 is 2.85 bits per heavy atom. The summed E-state index contributed by atoms with van der Waals surface area (Å²) in [4.78, 5) is 34.0. The highest BCUT2D eigenvalue weighted by molar-refractivity contribution is 6.00. The van der Waals surface area contributed by atoms with Crippen molar-refractivity contribution in [3.63, 3.8) is 0 Å². The second-order valence-corrected chi connectivity index (χ2v) is 11.5. The van der Waals surface area contributed by atoms with Crippen molar-refractivity contribution in [2.75, 3.05) is 25.0 Å². The van der Waals surface area contributed by atoms with Gasteiger partial charge in [0, 0.05) is 49.1 Å². The minimum atomic E-state index is -0.430. The second kappa shape index (κ2) is 11.1. The van der Waals surface area contributed by atoms with Crippen molar-refractivity contribution in [1.29, 1.82) is 0 Å². The number of amides is 2. The smallest absolute Gasteiger partial charge is 0.256 e. The van der Waals surface area contributed by atoms with Crippen LogP contribution in [-0.2, 0) is 17.8 Å². The molecule has 4 aromatic rings. The second-order valence-electron chi connectivity index (χ2n) is 11.5. The molecule has 1 saturated heterocycles. The van der Waals surface area contributed by atoms with Gasteiger partial charge in [0.15, 0.2) is 0 Å². The molecule has 1 fully saturated rings. The predicted molar refractivity (Wildman–Crippen MR) is 159 cm³/mol. The summed E-state index contributed by atoms with van der Waals surface area (Å²) in [5, 5.41) is 4.07. The van der Waals surface area contributed by atoms with Gasteiger partial charge in [-0.1, -0.05) is 12.1 Å². The molecule has 2 amide bonds. The molecular weight excluding hydrogens is 517 g/mol. The van der Waals surface area contributed by atoms with Crippen molar-refractivity contribution in [2.45, 2.75) is 58.5 Å². The van der Waals surface area contributed by atoms with Crippen molar-refractivity contribution < 1.29 is 14.0 Å². The third-order valence-corrected chi connectivity index (χ3v) is 8.46. The van der Waals surface area contributed by atoms with Gasteiger partial charge in [-0.25, -0.2) is 4.39 Å². The van der Waals surface area contributed by atoms with Crippen molar-refractivity contribution >= 4 is 28.4 Å². The number of halogens is 1. The van der Waals surface area contributed by atoms with Gasteiger partial charge in [-0.2, -0.15) is 0 Å². The van der Waals surface area contributed by atoms with E-state index in [-0.39, 0.29) is 17.9 Å². The van der Waals surface area contributed by atoms with Crippen LogP contribution in [0, 0.1) is 5.82 Å². The fraction of sp³-hybridized carbons (Fsp3) is 0.364. The molecule has 0 unspecified atom stereocenters. The maximum absolute atomic E-state index is 14.5. The van der Waals surface area contributed by atoms with Crippen LogP contribution in [0.15, 0.2) is 61.1 Å². The van der Waals surface area contributed by atoms with E-state index in [2.05, 4.69) is 39.6 Å². The van der Waals surface area contributed by atoms with E-state index >= 15 is 0 Å². The average Bonchev–Trinajstić information content (AvgIpc) is 3.53. The molecule has 2 aliphatic rings. The Morgan fingerprint density at radius 1 is 1.20 bits per heavy atom. The number of rotatable bonds is 7. The Morgan fingerprint density at radius 2 is 2.05 bits per heavy atom. The number of nitrogens with zero attached hydrogens (tertiary/aromatic N) is 4. The van der Waals surface area contributed by atoms with Crippen molar-refractivity contribution in [3.05, 3.63) is 89.1 Å². The van der Waals surface area contributed by atoms with E-state index < -0.39 is 5.82 Å². The van der Waals surface area contributed by atoms with Gasteiger partial charge in [-0.05, 0) is 93.1 Å². The molecule has 0 aliphatic carbocycles. The zero-order chi connectivity index (χ0) is 28.7. The molecule has 2 aromatic heterocycles. The minimum absolute atomic E-state index is 0.00239. The molecule has 0 radical (unpaired) electrons. The number of hydrogen-bond acceptors (Lipinski definition) is 4.